The van der Waals surface area contributed by atoms with E-state index in [1.54, 1.807) is 41.9 Å². The number of nitrogens with zero attached hydrogens (tertiary/aromatic N) is 1. The van der Waals surface area contributed by atoms with Gasteiger partial charge in [-0.25, -0.2) is 4.39 Å². The number of carbonyl (C=O) groups excluding carboxylic acids is 1. The zero-order valence-electron chi connectivity index (χ0n) is 11.9. The van der Waals surface area contributed by atoms with Crippen molar-refractivity contribution in [2.45, 2.75) is 6.54 Å². The van der Waals surface area contributed by atoms with Crippen LogP contribution in [0, 0.1) is 5.82 Å². The maximum atomic E-state index is 13.6. The number of fused-ring (bicyclic) bond motifs is 1. The molecule has 1 amide bonds. The summed E-state index contributed by atoms with van der Waals surface area (Å²) in [6, 6.07) is 13.6. The van der Waals surface area contributed by atoms with Gasteiger partial charge in [0.1, 0.15) is 11.5 Å². The van der Waals surface area contributed by atoms with E-state index in [0.717, 1.165) is 10.9 Å². The molecule has 112 valence electrons. The van der Waals surface area contributed by atoms with Gasteiger partial charge in [0.25, 0.3) is 5.91 Å². The standard InChI is InChI=1S/C17H14ClFN2O/c1-21-15-9-13(18)7-6-11(15)8-16(21)17(22)20-10-12-4-2-3-5-14(12)19/h2-9H,10H2,1H3,(H,20,22). The predicted octanol–water partition coefficient (Wildman–Crippen LogP) is 3.90. The second kappa shape index (κ2) is 5.81. The predicted molar refractivity (Wildman–Crippen MR) is 85.5 cm³/mol. The average molecular weight is 317 g/mol. The number of aromatic nitrogens is 1. The molecule has 0 saturated heterocycles. The van der Waals surface area contributed by atoms with E-state index < -0.39 is 0 Å². The molecule has 0 fully saturated rings. The number of rotatable bonds is 3. The highest BCUT2D eigenvalue weighted by Crippen LogP contribution is 2.22. The SMILES string of the molecule is Cn1c(C(=O)NCc2ccccc2F)cc2ccc(Cl)cc21. The van der Waals surface area contributed by atoms with Crippen LogP contribution in [0.1, 0.15) is 16.1 Å². The van der Waals surface area contributed by atoms with E-state index in [0.29, 0.717) is 16.3 Å². The van der Waals surface area contributed by atoms with E-state index in [1.165, 1.54) is 6.07 Å². The molecule has 22 heavy (non-hydrogen) atoms. The van der Waals surface area contributed by atoms with Crippen molar-refractivity contribution < 1.29 is 9.18 Å². The van der Waals surface area contributed by atoms with Gasteiger partial charge in [-0.2, -0.15) is 0 Å². The highest BCUT2D eigenvalue weighted by atomic mass is 35.5. The Bertz CT molecular complexity index is 857. The van der Waals surface area contributed by atoms with Crippen molar-refractivity contribution in [1.82, 2.24) is 9.88 Å². The molecule has 0 aliphatic heterocycles. The van der Waals surface area contributed by atoms with Gasteiger partial charge in [-0.15, -0.1) is 0 Å². The normalized spacial score (nSPS) is 10.9. The van der Waals surface area contributed by atoms with Gasteiger partial charge in [-0.3, -0.25) is 4.79 Å². The zero-order chi connectivity index (χ0) is 15.7. The van der Waals surface area contributed by atoms with E-state index >= 15 is 0 Å². The first kappa shape index (κ1) is 14.6. The van der Waals surface area contributed by atoms with E-state index in [1.807, 2.05) is 12.1 Å². The number of hydrogen-bond donors (Lipinski definition) is 1. The van der Waals surface area contributed by atoms with Crippen LogP contribution in [0.2, 0.25) is 5.02 Å². The van der Waals surface area contributed by atoms with Crippen LogP contribution >= 0.6 is 11.6 Å². The molecule has 0 saturated carbocycles. The number of benzene rings is 2. The molecule has 5 heteroatoms. The molecule has 3 rings (SSSR count). The molecule has 0 aliphatic carbocycles. The summed E-state index contributed by atoms with van der Waals surface area (Å²) in [5.41, 5.74) is 1.84. The molecular weight excluding hydrogens is 303 g/mol. The Balaban J connectivity index is 1.83. The first-order valence-corrected chi connectivity index (χ1v) is 7.20. The second-order valence-electron chi connectivity index (χ2n) is 5.07. The fraction of sp³-hybridized carbons (Fsp3) is 0.118. The van der Waals surface area contributed by atoms with Crippen LogP contribution in [-0.2, 0) is 13.6 Å². The third kappa shape index (κ3) is 2.70. The molecule has 0 bridgehead atoms. The van der Waals surface area contributed by atoms with E-state index in [2.05, 4.69) is 5.32 Å². The second-order valence-corrected chi connectivity index (χ2v) is 5.50. The van der Waals surface area contributed by atoms with Crippen LogP contribution in [-0.4, -0.2) is 10.5 Å². The highest BCUT2D eigenvalue weighted by molar-refractivity contribution is 6.31. The average Bonchev–Trinajstić information content (AvgIpc) is 2.83. The van der Waals surface area contributed by atoms with Gasteiger partial charge in [0.15, 0.2) is 0 Å². The molecule has 2 aromatic carbocycles. The molecule has 1 N–H and O–H groups in total. The smallest absolute Gasteiger partial charge is 0.268 e. The summed E-state index contributed by atoms with van der Waals surface area (Å²) in [5.74, 6) is -0.579. The summed E-state index contributed by atoms with van der Waals surface area (Å²) >= 11 is 5.98. The molecule has 3 nitrogen and oxygen atoms in total. The molecule has 0 radical (unpaired) electrons. The molecule has 0 atom stereocenters. The minimum atomic E-state index is -0.327. The van der Waals surface area contributed by atoms with Crippen LogP contribution in [0.15, 0.2) is 48.5 Å². The number of nitrogens with one attached hydrogen (secondary N) is 1. The molecule has 1 heterocycles. The Morgan fingerprint density at radius 1 is 1.23 bits per heavy atom. The Labute approximate surface area is 132 Å². The van der Waals surface area contributed by atoms with E-state index in [9.17, 15) is 9.18 Å². The van der Waals surface area contributed by atoms with Crippen molar-refractivity contribution in [2.75, 3.05) is 0 Å². The van der Waals surface area contributed by atoms with Crippen molar-refractivity contribution in [3.63, 3.8) is 0 Å². The zero-order valence-corrected chi connectivity index (χ0v) is 12.7. The monoisotopic (exact) mass is 316 g/mol. The summed E-state index contributed by atoms with van der Waals surface area (Å²) in [4.78, 5) is 12.3. The van der Waals surface area contributed by atoms with Crippen molar-refractivity contribution in [3.8, 4) is 0 Å². The van der Waals surface area contributed by atoms with Gasteiger partial charge in [0.2, 0.25) is 0 Å². The summed E-state index contributed by atoms with van der Waals surface area (Å²) in [5, 5.41) is 4.29. The van der Waals surface area contributed by atoms with Crippen molar-refractivity contribution >= 4 is 28.4 Å². The van der Waals surface area contributed by atoms with Gasteiger partial charge in [0.05, 0.1) is 0 Å². The highest BCUT2D eigenvalue weighted by Gasteiger charge is 2.13. The fourth-order valence-corrected chi connectivity index (χ4v) is 2.60. The largest absolute Gasteiger partial charge is 0.347 e. The number of amides is 1. The van der Waals surface area contributed by atoms with Crippen molar-refractivity contribution in [2.24, 2.45) is 7.05 Å². The molecule has 0 unspecified atom stereocenters. The molecular formula is C17H14ClFN2O. The lowest BCUT2D eigenvalue weighted by molar-refractivity contribution is 0.0943. The summed E-state index contributed by atoms with van der Waals surface area (Å²) < 4.78 is 15.3. The summed E-state index contributed by atoms with van der Waals surface area (Å²) in [6.45, 7) is 0.147. The number of halogens is 2. The van der Waals surface area contributed by atoms with Gasteiger partial charge in [-0.05, 0) is 24.3 Å². The Kier molecular flexibility index (Phi) is 3.86. The van der Waals surface area contributed by atoms with Gasteiger partial charge >= 0.3 is 0 Å². The summed E-state index contributed by atoms with van der Waals surface area (Å²) in [6.07, 6.45) is 0. The van der Waals surface area contributed by atoms with E-state index in [4.69, 9.17) is 11.6 Å². The third-order valence-corrected chi connectivity index (χ3v) is 3.87. The molecule has 1 aromatic heterocycles. The van der Waals surface area contributed by atoms with Crippen molar-refractivity contribution in [3.05, 3.63) is 70.6 Å². The number of carbonyl (C=O) groups is 1. The minimum absolute atomic E-state index is 0.147. The maximum absolute atomic E-state index is 13.6. The van der Waals surface area contributed by atoms with Gasteiger partial charge in [0, 0.05) is 35.1 Å². The lowest BCUT2D eigenvalue weighted by atomic mass is 10.2. The lowest BCUT2D eigenvalue weighted by Crippen LogP contribution is -2.25. The van der Waals surface area contributed by atoms with Crippen LogP contribution in [0.25, 0.3) is 10.9 Å². The topological polar surface area (TPSA) is 34.0 Å². The third-order valence-electron chi connectivity index (χ3n) is 3.64. The van der Waals surface area contributed by atoms with Crippen LogP contribution in [0.4, 0.5) is 4.39 Å². The lowest BCUT2D eigenvalue weighted by Gasteiger charge is -2.07. The minimum Gasteiger partial charge on any atom is -0.347 e. The molecule has 0 aliphatic rings. The number of hydrogen-bond acceptors (Lipinski definition) is 1. The first-order valence-electron chi connectivity index (χ1n) is 6.83. The Morgan fingerprint density at radius 3 is 2.77 bits per heavy atom. The van der Waals surface area contributed by atoms with Crippen molar-refractivity contribution in [1.29, 1.82) is 0 Å². The molecule has 0 spiro atoms. The molecule has 3 aromatic rings. The van der Waals surface area contributed by atoms with E-state index in [-0.39, 0.29) is 18.3 Å². The fourth-order valence-electron chi connectivity index (χ4n) is 2.43. The summed E-state index contributed by atoms with van der Waals surface area (Å²) in [7, 11) is 1.80. The Morgan fingerprint density at radius 2 is 2.00 bits per heavy atom. The quantitative estimate of drug-likeness (QED) is 0.781. The van der Waals surface area contributed by atoms with Crippen LogP contribution in [0.5, 0.6) is 0 Å². The first-order chi connectivity index (χ1) is 10.6. The number of aryl methyl sites for hydroxylation is 1. The Hall–Kier alpha value is -2.33. The van der Waals surface area contributed by atoms with Gasteiger partial charge in [-0.1, -0.05) is 35.9 Å². The van der Waals surface area contributed by atoms with Crippen LogP contribution < -0.4 is 5.32 Å². The van der Waals surface area contributed by atoms with Crippen LogP contribution in [0.3, 0.4) is 0 Å². The van der Waals surface area contributed by atoms with Gasteiger partial charge < -0.3 is 9.88 Å². The maximum Gasteiger partial charge on any atom is 0.268 e.